The smallest absolute Gasteiger partial charge is 0.335 e. The summed E-state index contributed by atoms with van der Waals surface area (Å²) in [6.07, 6.45) is 1.29. The number of aryl methyl sites for hydroxylation is 1. The number of morpholine rings is 1. The molecular formula is C22H20FN3O4. The van der Waals surface area contributed by atoms with Crippen LogP contribution in [0.15, 0.2) is 48.0 Å². The lowest BCUT2D eigenvalue weighted by Gasteiger charge is -2.29. The number of amides is 4. The van der Waals surface area contributed by atoms with E-state index in [0.717, 1.165) is 10.5 Å². The fourth-order valence-corrected chi connectivity index (χ4v) is 3.43. The molecule has 8 heteroatoms. The normalized spacial score (nSPS) is 18.7. The maximum Gasteiger partial charge on any atom is 0.335 e. The molecule has 2 aromatic rings. The standard InChI is InChI=1S/C22H20FN3O4/c1-14-2-5-16(6-3-14)26-21(28)17(20(27)24-22(26)29)12-15-4-7-19(18(23)13-15)25-8-10-30-11-9-25/h2-7,12-13H,8-11H2,1H3,(H,24,27,29)/b17-12+. The minimum absolute atomic E-state index is 0.242. The quantitative estimate of drug-likeness (QED) is 0.623. The monoisotopic (exact) mass is 409 g/mol. The van der Waals surface area contributed by atoms with Crippen molar-refractivity contribution in [2.24, 2.45) is 0 Å². The SMILES string of the molecule is Cc1ccc(N2C(=O)NC(=O)/C(=C\c3ccc(N4CCOCC4)c(F)c3)C2=O)cc1. The molecule has 2 heterocycles. The van der Waals surface area contributed by atoms with Gasteiger partial charge in [-0.25, -0.2) is 14.1 Å². The Morgan fingerprint density at radius 2 is 1.73 bits per heavy atom. The van der Waals surface area contributed by atoms with Crippen LogP contribution in [-0.4, -0.2) is 44.1 Å². The fourth-order valence-electron chi connectivity index (χ4n) is 3.43. The Kier molecular flexibility index (Phi) is 5.33. The van der Waals surface area contributed by atoms with Gasteiger partial charge >= 0.3 is 6.03 Å². The number of nitrogens with one attached hydrogen (secondary N) is 1. The van der Waals surface area contributed by atoms with Crippen LogP contribution in [-0.2, 0) is 14.3 Å². The summed E-state index contributed by atoms with van der Waals surface area (Å²) < 4.78 is 19.9. The molecule has 2 aromatic carbocycles. The minimum Gasteiger partial charge on any atom is -0.378 e. The molecule has 2 fully saturated rings. The van der Waals surface area contributed by atoms with Crippen LogP contribution in [0.2, 0.25) is 0 Å². The number of imide groups is 2. The molecule has 0 atom stereocenters. The fraction of sp³-hybridized carbons (Fsp3) is 0.227. The molecule has 2 aliphatic heterocycles. The van der Waals surface area contributed by atoms with Crippen LogP contribution in [0.3, 0.4) is 0 Å². The van der Waals surface area contributed by atoms with Gasteiger partial charge in [0.15, 0.2) is 0 Å². The van der Waals surface area contributed by atoms with Crippen LogP contribution in [0.5, 0.6) is 0 Å². The Labute approximate surface area is 172 Å². The summed E-state index contributed by atoms with van der Waals surface area (Å²) in [5.74, 6) is -2.03. The molecule has 0 aromatic heterocycles. The molecule has 1 N–H and O–H groups in total. The lowest BCUT2D eigenvalue weighted by molar-refractivity contribution is -0.122. The molecule has 0 aliphatic carbocycles. The number of ether oxygens (including phenoxy) is 1. The van der Waals surface area contributed by atoms with Crippen LogP contribution >= 0.6 is 0 Å². The van der Waals surface area contributed by atoms with Crippen molar-refractivity contribution in [1.82, 2.24) is 5.32 Å². The van der Waals surface area contributed by atoms with E-state index in [1.54, 1.807) is 36.4 Å². The van der Waals surface area contributed by atoms with Gasteiger partial charge in [-0.15, -0.1) is 0 Å². The maximum absolute atomic E-state index is 14.7. The van der Waals surface area contributed by atoms with Crippen LogP contribution in [0.4, 0.5) is 20.6 Å². The molecule has 7 nitrogen and oxygen atoms in total. The number of benzene rings is 2. The summed E-state index contributed by atoms with van der Waals surface area (Å²) in [5.41, 5.74) is 1.85. The van der Waals surface area contributed by atoms with Crippen molar-refractivity contribution in [2.75, 3.05) is 36.1 Å². The Bertz CT molecular complexity index is 1040. The first-order valence-electron chi connectivity index (χ1n) is 9.54. The Morgan fingerprint density at radius 1 is 1.03 bits per heavy atom. The molecule has 0 saturated carbocycles. The Balaban J connectivity index is 1.64. The van der Waals surface area contributed by atoms with E-state index in [1.807, 2.05) is 11.8 Å². The van der Waals surface area contributed by atoms with Gasteiger partial charge in [0.25, 0.3) is 11.8 Å². The van der Waals surface area contributed by atoms with Gasteiger partial charge in [-0.2, -0.15) is 0 Å². The van der Waals surface area contributed by atoms with Crippen LogP contribution in [0.1, 0.15) is 11.1 Å². The molecule has 0 unspecified atom stereocenters. The van der Waals surface area contributed by atoms with Gasteiger partial charge in [0.2, 0.25) is 0 Å². The van der Waals surface area contributed by atoms with E-state index < -0.39 is 23.7 Å². The van der Waals surface area contributed by atoms with E-state index in [-0.39, 0.29) is 5.57 Å². The van der Waals surface area contributed by atoms with Crippen molar-refractivity contribution in [3.63, 3.8) is 0 Å². The predicted molar refractivity (Wildman–Crippen MR) is 110 cm³/mol. The second kappa shape index (κ2) is 8.08. The molecule has 2 saturated heterocycles. The van der Waals surface area contributed by atoms with Gasteiger partial charge in [0, 0.05) is 13.1 Å². The lowest BCUT2D eigenvalue weighted by atomic mass is 10.1. The van der Waals surface area contributed by atoms with Crippen molar-refractivity contribution < 1.29 is 23.5 Å². The highest BCUT2D eigenvalue weighted by molar-refractivity contribution is 6.39. The molecule has 154 valence electrons. The number of hydrogen-bond donors (Lipinski definition) is 1. The van der Waals surface area contributed by atoms with E-state index in [2.05, 4.69) is 5.32 Å². The first-order valence-corrected chi connectivity index (χ1v) is 9.54. The molecule has 2 aliphatic rings. The van der Waals surface area contributed by atoms with Crippen molar-refractivity contribution in [3.05, 3.63) is 65.0 Å². The van der Waals surface area contributed by atoms with Gasteiger partial charge in [0.1, 0.15) is 11.4 Å². The number of barbiturate groups is 1. The van der Waals surface area contributed by atoms with E-state index >= 15 is 0 Å². The molecule has 0 radical (unpaired) electrons. The zero-order valence-electron chi connectivity index (χ0n) is 16.4. The topological polar surface area (TPSA) is 79.0 Å². The Hall–Kier alpha value is -3.52. The first-order chi connectivity index (χ1) is 14.4. The van der Waals surface area contributed by atoms with Crippen LogP contribution in [0, 0.1) is 12.7 Å². The van der Waals surface area contributed by atoms with Gasteiger partial charge in [-0.1, -0.05) is 23.8 Å². The number of halogens is 1. The van der Waals surface area contributed by atoms with Crippen molar-refractivity contribution in [2.45, 2.75) is 6.92 Å². The number of carbonyl (C=O) groups is 3. The van der Waals surface area contributed by atoms with Gasteiger partial charge < -0.3 is 9.64 Å². The summed E-state index contributed by atoms with van der Waals surface area (Å²) >= 11 is 0. The van der Waals surface area contributed by atoms with Gasteiger partial charge in [-0.3, -0.25) is 14.9 Å². The van der Waals surface area contributed by atoms with Crippen LogP contribution < -0.4 is 15.1 Å². The molecule has 4 rings (SSSR count). The summed E-state index contributed by atoms with van der Waals surface area (Å²) in [6, 6.07) is 10.5. The minimum atomic E-state index is -0.820. The largest absolute Gasteiger partial charge is 0.378 e. The van der Waals surface area contributed by atoms with Gasteiger partial charge in [0.05, 0.1) is 24.6 Å². The number of carbonyl (C=O) groups excluding carboxylic acids is 3. The second-order valence-electron chi connectivity index (χ2n) is 7.10. The van der Waals surface area contributed by atoms with Crippen molar-refractivity contribution in [3.8, 4) is 0 Å². The zero-order valence-corrected chi connectivity index (χ0v) is 16.4. The van der Waals surface area contributed by atoms with Crippen LogP contribution in [0.25, 0.3) is 6.08 Å². The van der Waals surface area contributed by atoms with E-state index in [1.165, 1.54) is 12.1 Å². The van der Waals surface area contributed by atoms with Crippen molar-refractivity contribution in [1.29, 1.82) is 0 Å². The molecule has 4 amide bonds. The number of urea groups is 1. The molecule has 0 bridgehead atoms. The lowest BCUT2D eigenvalue weighted by Crippen LogP contribution is -2.54. The van der Waals surface area contributed by atoms with E-state index in [9.17, 15) is 18.8 Å². The zero-order chi connectivity index (χ0) is 21.3. The average Bonchev–Trinajstić information content (AvgIpc) is 2.73. The highest BCUT2D eigenvalue weighted by Crippen LogP contribution is 2.25. The second-order valence-corrected chi connectivity index (χ2v) is 7.10. The third kappa shape index (κ3) is 3.81. The summed E-state index contributed by atoms with van der Waals surface area (Å²) in [5, 5.41) is 2.16. The van der Waals surface area contributed by atoms with Crippen molar-refractivity contribution >= 4 is 35.3 Å². The number of rotatable bonds is 3. The highest BCUT2D eigenvalue weighted by Gasteiger charge is 2.36. The number of anilines is 2. The summed E-state index contributed by atoms with van der Waals surface area (Å²) in [7, 11) is 0. The molecule has 0 spiro atoms. The summed E-state index contributed by atoms with van der Waals surface area (Å²) in [4.78, 5) is 40.2. The van der Waals surface area contributed by atoms with E-state index in [4.69, 9.17) is 4.74 Å². The van der Waals surface area contributed by atoms with E-state index in [0.29, 0.717) is 43.2 Å². The van der Waals surface area contributed by atoms with Gasteiger partial charge in [-0.05, 0) is 42.8 Å². The molecule has 30 heavy (non-hydrogen) atoms. The average molecular weight is 409 g/mol. The predicted octanol–water partition coefficient (Wildman–Crippen LogP) is 2.64. The third-order valence-corrected chi connectivity index (χ3v) is 5.03. The highest BCUT2D eigenvalue weighted by atomic mass is 19.1. The molecular weight excluding hydrogens is 389 g/mol. The number of nitrogens with zero attached hydrogens (tertiary/aromatic N) is 2. The maximum atomic E-state index is 14.7. The number of hydrogen-bond acceptors (Lipinski definition) is 5. The third-order valence-electron chi connectivity index (χ3n) is 5.03. The first kappa shape index (κ1) is 19.8. The summed E-state index contributed by atoms with van der Waals surface area (Å²) in [6.45, 7) is 4.12. The Morgan fingerprint density at radius 3 is 2.40 bits per heavy atom.